The second-order valence-electron chi connectivity index (χ2n) is 7.62. The standard InChI is InChI=1S/C23H34N4O5/c1-5-7-9-13-26(19(28)15-16-10-11-17(31-3)18(14-16)32-4)20-21(24)27(12-8-6-2)23(30)25-22(20)29/h10-11,14H,5-9,12-13,15,24H2,1-4H3,(H,25,29,30). The molecule has 0 unspecified atom stereocenters. The number of ether oxygens (including phenoxy) is 2. The van der Waals surface area contributed by atoms with E-state index in [2.05, 4.69) is 11.9 Å². The largest absolute Gasteiger partial charge is 0.493 e. The van der Waals surface area contributed by atoms with E-state index in [1.165, 1.54) is 16.6 Å². The highest BCUT2D eigenvalue weighted by Crippen LogP contribution is 2.28. The first-order valence-electron chi connectivity index (χ1n) is 11.0. The van der Waals surface area contributed by atoms with E-state index in [9.17, 15) is 14.4 Å². The van der Waals surface area contributed by atoms with Crippen LogP contribution < -0.4 is 31.4 Å². The summed E-state index contributed by atoms with van der Waals surface area (Å²) in [6.07, 6.45) is 4.19. The van der Waals surface area contributed by atoms with Gasteiger partial charge in [-0.2, -0.15) is 0 Å². The minimum atomic E-state index is -0.655. The molecule has 0 saturated carbocycles. The molecule has 176 valence electrons. The predicted molar refractivity (Wildman–Crippen MR) is 126 cm³/mol. The van der Waals surface area contributed by atoms with Crippen molar-refractivity contribution in [1.82, 2.24) is 9.55 Å². The van der Waals surface area contributed by atoms with Crippen LogP contribution in [0, 0.1) is 0 Å². The molecule has 1 aromatic heterocycles. The number of unbranched alkanes of at least 4 members (excludes halogenated alkanes) is 3. The molecule has 0 bridgehead atoms. The van der Waals surface area contributed by atoms with Crippen LogP contribution in [0.5, 0.6) is 11.5 Å². The van der Waals surface area contributed by atoms with E-state index >= 15 is 0 Å². The number of nitrogens with one attached hydrogen (secondary N) is 1. The van der Waals surface area contributed by atoms with Gasteiger partial charge in [-0.15, -0.1) is 0 Å². The molecule has 3 N–H and O–H groups in total. The molecular formula is C23H34N4O5. The van der Waals surface area contributed by atoms with E-state index in [1.54, 1.807) is 25.3 Å². The van der Waals surface area contributed by atoms with E-state index in [-0.39, 0.29) is 23.8 Å². The molecule has 9 nitrogen and oxygen atoms in total. The van der Waals surface area contributed by atoms with Gasteiger partial charge < -0.3 is 20.1 Å². The van der Waals surface area contributed by atoms with Crippen molar-refractivity contribution in [3.8, 4) is 11.5 Å². The smallest absolute Gasteiger partial charge is 0.330 e. The molecule has 0 aliphatic carbocycles. The van der Waals surface area contributed by atoms with Crippen LogP contribution >= 0.6 is 0 Å². The summed E-state index contributed by atoms with van der Waals surface area (Å²) in [5.74, 6) is 0.809. The van der Waals surface area contributed by atoms with Gasteiger partial charge in [0, 0.05) is 13.1 Å². The number of anilines is 2. The number of hydrogen-bond donors (Lipinski definition) is 2. The molecule has 0 radical (unpaired) electrons. The normalized spacial score (nSPS) is 10.8. The van der Waals surface area contributed by atoms with Crippen molar-refractivity contribution in [2.45, 2.75) is 58.9 Å². The molecule has 0 aliphatic heterocycles. The van der Waals surface area contributed by atoms with Gasteiger partial charge in [0.25, 0.3) is 5.56 Å². The Morgan fingerprint density at radius 3 is 2.38 bits per heavy atom. The number of carbonyl (C=O) groups is 1. The first-order chi connectivity index (χ1) is 15.4. The summed E-state index contributed by atoms with van der Waals surface area (Å²) in [5.41, 5.74) is 5.78. The molecule has 0 aliphatic rings. The molecule has 1 heterocycles. The maximum Gasteiger partial charge on any atom is 0.330 e. The van der Waals surface area contributed by atoms with Crippen LogP contribution in [0.25, 0.3) is 0 Å². The fourth-order valence-corrected chi connectivity index (χ4v) is 3.52. The van der Waals surface area contributed by atoms with Crippen molar-refractivity contribution in [3.05, 3.63) is 44.6 Å². The average molecular weight is 447 g/mol. The summed E-state index contributed by atoms with van der Waals surface area (Å²) in [6, 6.07) is 5.24. The van der Waals surface area contributed by atoms with Gasteiger partial charge in [0.05, 0.1) is 20.6 Å². The Morgan fingerprint density at radius 1 is 1.06 bits per heavy atom. The molecule has 0 atom stereocenters. The number of aromatic amines is 1. The van der Waals surface area contributed by atoms with Crippen molar-refractivity contribution < 1.29 is 14.3 Å². The molecule has 2 rings (SSSR count). The van der Waals surface area contributed by atoms with Gasteiger partial charge in [0.15, 0.2) is 17.2 Å². The third-order valence-corrected chi connectivity index (χ3v) is 5.31. The van der Waals surface area contributed by atoms with Crippen LogP contribution in [0.4, 0.5) is 11.5 Å². The number of nitrogens with two attached hydrogens (primary N) is 1. The summed E-state index contributed by atoms with van der Waals surface area (Å²) in [6.45, 7) is 4.76. The quantitative estimate of drug-likeness (QED) is 0.484. The van der Waals surface area contributed by atoms with Crippen LogP contribution in [-0.2, 0) is 17.8 Å². The zero-order chi connectivity index (χ0) is 23.7. The van der Waals surface area contributed by atoms with Crippen molar-refractivity contribution >= 4 is 17.4 Å². The molecule has 0 fully saturated rings. The molecule has 1 aromatic carbocycles. The number of methoxy groups -OCH3 is 2. The zero-order valence-corrected chi connectivity index (χ0v) is 19.4. The maximum absolute atomic E-state index is 13.3. The molecule has 2 aromatic rings. The predicted octanol–water partition coefficient (Wildman–Crippen LogP) is 2.70. The van der Waals surface area contributed by atoms with Gasteiger partial charge in [-0.25, -0.2) is 4.79 Å². The monoisotopic (exact) mass is 446 g/mol. The van der Waals surface area contributed by atoms with Crippen LogP contribution in [0.3, 0.4) is 0 Å². The van der Waals surface area contributed by atoms with Gasteiger partial charge in [-0.05, 0) is 30.5 Å². The van der Waals surface area contributed by atoms with E-state index in [0.717, 1.165) is 25.7 Å². The Hall–Kier alpha value is -3.23. The lowest BCUT2D eigenvalue weighted by molar-refractivity contribution is -0.118. The Balaban J connectivity index is 2.45. The summed E-state index contributed by atoms with van der Waals surface area (Å²) in [5, 5.41) is 0. The number of carbonyl (C=O) groups excluding carboxylic acids is 1. The van der Waals surface area contributed by atoms with Gasteiger partial charge in [0.2, 0.25) is 5.91 Å². The van der Waals surface area contributed by atoms with Crippen molar-refractivity contribution in [3.63, 3.8) is 0 Å². The van der Waals surface area contributed by atoms with Gasteiger partial charge >= 0.3 is 5.69 Å². The second kappa shape index (κ2) is 12.0. The van der Waals surface area contributed by atoms with Crippen molar-refractivity contribution in [1.29, 1.82) is 0 Å². The first kappa shape index (κ1) is 25.0. The Kier molecular flexibility index (Phi) is 9.37. The molecule has 0 saturated heterocycles. The number of nitrogen functional groups attached to an aromatic ring is 1. The van der Waals surface area contributed by atoms with Crippen LogP contribution in [-0.4, -0.2) is 36.2 Å². The van der Waals surface area contributed by atoms with E-state index in [0.29, 0.717) is 36.6 Å². The fraction of sp³-hybridized carbons (Fsp3) is 0.522. The SMILES string of the molecule is CCCCCN(C(=O)Cc1ccc(OC)c(OC)c1)c1c(N)n(CCCC)c(=O)[nH]c1=O. The summed E-state index contributed by atoms with van der Waals surface area (Å²) in [7, 11) is 3.07. The molecule has 9 heteroatoms. The number of aromatic nitrogens is 2. The number of benzene rings is 1. The fourth-order valence-electron chi connectivity index (χ4n) is 3.52. The third-order valence-electron chi connectivity index (χ3n) is 5.31. The number of hydrogen-bond acceptors (Lipinski definition) is 6. The van der Waals surface area contributed by atoms with Gasteiger partial charge in [-0.3, -0.25) is 19.1 Å². The zero-order valence-electron chi connectivity index (χ0n) is 19.4. The summed E-state index contributed by atoms with van der Waals surface area (Å²) < 4.78 is 11.9. The molecule has 32 heavy (non-hydrogen) atoms. The minimum absolute atomic E-state index is 0.0179. The van der Waals surface area contributed by atoms with Crippen LogP contribution in [0.2, 0.25) is 0 Å². The Bertz CT molecular complexity index is 1030. The number of amides is 1. The van der Waals surface area contributed by atoms with Crippen molar-refractivity contribution in [2.75, 3.05) is 31.4 Å². The van der Waals surface area contributed by atoms with E-state index in [4.69, 9.17) is 15.2 Å². The lowest BCUT2D eigenvalue weighted by atomic mass is 10.1. The Labute approximate surface area is 188 Å². The third kappa shape index (κ3) is 5.93. The molecule has 0 spiro atoms. The highest BCUT2D eigenvalue weighted by molar-refractivity contribution is 5.96. The lowest BCUT2D eigenvalue weighted by Crippen LogP contribution is -2.42. The van der Waals surface area contributed by atoms with E-state index in [1.807, 2.05) is 6.92 Å². The number of rotatable bonds is 12. The summed E-state index contributed by atoms with van der Waals surface area (Å²) >= 11 is 0. The lowest BCUT2D eigenvalue weighted by Gasteiger charge is -2.25. The number of nitrogens with zero attached hydrogens (tertiary/aromatic N) is 2. The van der Waals surface area contributed by atoms with Crippen LogP contribution in [0.15, 0.2) is 27.8 Å². The Morgan fingerprint density at radius 2 is 1.75 bits per heavy atom. The van der Waals surface area contributed by atoms with E-state index < -0.39 is 11.2 Å². The minimum Gasteiger partial charge on any atom is -0.493 e. The average Bonchev–Trinajstić information content (AvgIpc) is 2.77. The van der Waals surface area contributed by atoms with Crippen molar-refractivity contribution in [2.24, 2.45) is 0 Å². The highest BCUT2D eigenvalue weighted by Gasteiger charge is 2.24. The van der Waals surface area contributed by atoms with Gasteiger partial charge in [0.1, 0.15) is 5.82 Å². The maximum atomic E-state index is 13.3. The topological polar surface area (TPSA) is 120 Å². The molecule has 1 amide bonds. The summed E-state index contributed by atoms with van der Waals surface area (Å²) in [4.78, 5) is 42.1. The second-order valence-corrected chi connectivity index (χ2v) is 7.62. The first-order valence-corrected chi connectivity index (χ1v) is 11.0. The number of H-pyrrole nitrogens is 1. The van der Waals surface area contributed by atoms with Gasteiger partial charge in [-0.1, -0.05) is 39.2 Å². The highest BCUT2D eigenvalue weighted by atomic mass is 16.5. The van der Waals surface area contributed by atoms with Crippen LogP contribution in [0.1, 0.15) is 51.5 Å². The molecular weight excluding hydrogens is 412 g/mol.